The van der Waals surface area contributed by atoms with Crippen LogP contribution < -0.4 is 0 Å². The molecule has 1 nitrogen and oxygen atoms in total. The Labute approximate surface area is 77.2 Å². The second-order valence-electron chi connectivity index (χ2n) is 4.38. The van der Waals surface area contributed by atoms with Gasteiger partial charge in [0.15, 0.2) is 0 Å². The van der Waals surface area contributed by atoms with Crippen LogP contribution in [0, 0.1) is 17.8 Å². The van der Waals surface area contributed by atoms with Crippen molar-refractivity contribution in [3.8, 4) is 0 Å². The maximum absolute atomic E-state index is 8.87. The summed E-state index contributed by atoms with van der Waals surface area (Å²) in [4.78, 5) is 0. The first-order valence-electron chi connectivity index (χ1n) is 5.20. The van der Waals surface area contributed by atoms with Gasteiger partial charge in [0.1, 0.15) is 0 Å². The highest BCUT2D eigenvalue weighted by atomic mass is 16.3. The van der Waals surface area contributed by atoms with Crippen LogP contribution >= 0.6 is 0 Å². The zero-order valence-corrected chi connectivity index (χ0v) is 9.01. The molecular formula is C11H24O. The highest BCUT2D eigenvalue weighted by Gasteiger charge is 2.10. The molecule has 0 aliphatic heterocycles. The highest BCUT2D eigenvalue weighted by Crippen LogP contribution is 2.20. The van der Waals surface area contributed by atoms with E-state index in [0.29, 0.717) is 12.5 Å². The van der Waals surface area contributed by atoms with E-state index in [9.17, 15) is 0 Å². The Morgan fingerprint density at radius 2 is 1.42 bits per heavy atom. The lowest BCUT2D eigenvalue weighted by molar-refractivity contribution is 0.207. The van der Waals surface area contributed by atoms with Gasteiger partial charge in [0.05, 0.1) is 0 Å². The molecule has 0 fully saturated rings. The van der Waals surface area contributed by atoms with Crippen LogP contribution in [-0.4, -0.2) is 11.7 Å². The van der Waals surface area contributed by atoms with E-state index in [1.807, 2.05) is 0 Å². The van der Waals surface area contributed by atoms with Crippen LogP contribution in [0.1, 0.15) is 47.0 Å². The third kappa shape index (κ3) is 5.59. The van der Waals surface area contributed by atoms with Crippen molar-refractivity contribution in [2.24, 2.45) is 17.8 Å². The Morgan fingerprint density at radius 3 is 1.83 bits per heavy atom. The normalized spacial score (nSPS) is 18.8. The Bertz CT molecular complexity index is 89.2. The zero-order valence-electron chi connectivity index (χ0n) is 9.01. The van der Waals surface area contributed by atoms with E-state index in [2.05, 4.69) is 27.7 Å². The maximum atomic E-state index is 8.87. The van der Waals surface area contributed by atoms with Crippen LogP contribution in [0.3, 0.4) is 0 Å². The standard InChI is InChI=1S/C11H24O/c1-5-9(2)6-10(3)7-11(4)8-12/h9-12H,5-8H2,1-4H3/t9-,10-,11-/m1/s1. The van der Waals surface area contributed by atoms with Crippen molar-refractivity contribution in [2.75, 3.05) is 6.61 Å². The fraction of sp³-hybridized carbons (Fsp3) is 1.00. The molecule has 12 heavy (non-hydrogen) atoms. The monoisotopic (exact) mass is 172 g/mol. The Kier molecular flexibility index (Phi) is 6.45. The van der Waals surface area contributed by atoms with Crippen molar-refractivity contribution >= 4 is 0 Å². The quantitative estimate of drug-likeness (QED) is 0.653. The lowest BCUT2D eigenvalue weighted by atomic mass is 9.89. The smallest absolute Gasteiger partial charge is 0.0456 e. The second-order valence-corrected chi connectivity index (χ2v) is 4.38. The molecular weight excluding hydrogens is 148 g/mol. The molecule has 0 aromatic rings. The SMILES string of the molecule is CC[C@@H](C)C[C@@H](C)C[C@@H](C)CO. The van der Waals surface area contributed by atoms with Crippen LogP contribution in [-0.2, 0) is 0 Å². The van der Waals surface area contributed by atoms with Gasteiger partial charge in [-0.1, -0.05) is 34.1 Å². The molecule has 0 aromatic carbocycles. The van der Waals surface area contributed by atoms with Crippen LogP contribution in [0.4, 0.5) is 0 Å². The Balaban J connectivity index is 3.51. The predicted octanol–water partition coefficient (Wildman–Crippen LogP) is 3.08. The van der Waals surface area contributed by atoms with Gasteiger partial charge in [-0.15, -0.1) is 0 Å². The number of aliphatic hydroxyl groups excluding tert-OH is 1. The first-order chi connectivity index (χ1) is 5.60. The predicted molar refractivity (Wildman–Crippen MR) is 54.1 cm³/mol. The van der Waals surface area contributed by atoms with Gasteiger partial charge < -0.3 is 5.11 Å². The summed E-state index contributed by atoms with van der Waals surface area (Å²) in [6, 6.07) is 0. The largest absolute Gasteiger partial charge is 0.396 e. The molecule has 1 heteroatoms. The van der Waals surface area contributed by atoms with E-state index >= 15 is 0 Å². The number of rotatable bonds is 6. The summed E-state index contributed by atoms with van der Waals surface area (Å²) in [6.07, 6.45) is 3.75. The molecule has 0 unspecified atom stereocenters. The van der Waals surface area contributed by atoms with Crippen molar-refractivity contribution in [1.29, 1.82) is 0 Å². The molecule has 1 N–H and O–H groups in total. The molecule has 0 amide bonds. The fourth-order valence-corrected chi connectivity index (χ4v) is 1.71. The van der Waals surface area contributed by atoms with Crippen molar-refractivity contribution in [2.45, 2.75) is 47.0 Å². The molecule has 0 radical (unpaired) electrons. The number of aliphatic hydroxyl groups is 1. The summed E-state index contributed by atoms with van der Waals surface area (Å²) in [5.41, 5.74) is 0. The minimum absolute atomic E-state index is 0.338. The molecule has 74 valence electrons. The van der Waals surface area contributed by atoms with Gasteiger partial charge >= 0.3 is 0 Å². The Hall–Kier alpha value is -0.0400. The topological polar surface area (TPSA) is 20.2 Å². The molecule has 3 atom stereocenters. The van der Waals surface area contributed by atoms with Crippen LogP contribution in [0.15, 0.2) is 0 Å². The summed E-state index contributed by atoms with van der Waals surface area (Å²) in [6.45, 7) is 9.29. The summed E-state index contributed by atoms with van der Waals surface area (Å²) >= 11 is 0. The highest BCUT2D eigenvalue weighted by molar-refractivity contribution is 4.61. The van der Waals surface area contributed by atoms with Crippen LogP contribution in [0.2, 0.25) is 0 Å². The second kappa shape index (κ2) is 6.47. The average Bonchev–Trinajstić information content (AvgIpc) is 2.03. The molecule has 0 bridgehead atoms. The fourth-order valence-electron chi connectivity index (χ4n) is 1.71. The first kappa shape index (κ1) is 12.0. The minimum Gasteiger partial charge on any atom is -0.396 e. The van der Waals surface area contributed by atoms with Gasteiger partial charge in [-0.25, -0.2) is 0 Å². The Morgan fingerprint density at radius 1 is 0.917 bits per heavy atom. The van der Waals surface area contributed by atoms with Crippen LogP contribution in [0.5, 0.6) is 0 Å². The lowest BCUT2D eigenvalue weighted by Gasteiger charge is -2.18. The van der Waals surface area contributed by atoms with E-state index < -0.39 is 0 Å². The van der Waals surface area contributed by atoms with Gasteiger partial charge in [-0.05, 0) is 30.6 Å². The van der Waals surface area contributed by atoms with E-state index in [1.54, 1.807) is 0 Å². The number of hydrogen-bond donors (Lipinski definition) is 1. The molecule has 0 heterocycles. The third-order valence-electron chi connectivity index (χ3n) is 2.62. The average molecular weight is 172 g/mol. The van der Waals surface area contributed by atoms with E-state index in [-0.39, 0.29) is 0 Å². The van der Waals surface area contributed by atoms with Gasteiger partial charge in [0, 0.05) is 6.61 Å². The molecule has 0 aliphatic carbocycles. The van der Waals surface area contributed by atoms with Gasteiger partial charge in [0.25, 0.3) is 0 Å². The van der Waals surface area contributed by atoms with E-state index in [4.69, 9.17) is 5.11 Å². The van der Waals surface area contributed by atoms with Crippen molar-refractivity contribution in [1.82, 2.24) is 0 Å². The van der Waals surface area contributed by atoms with E-state index in [0.717, 1.165) is 11.8 Å². The molecule has 0 spiro atoms. The van der Waals surface area contributed by atoms with Gasteiger partial charge in [-0.2, -0.15) is 0 Å². The molecule has 0 rings (SSSR count). The van der Waals surface area contributed by atoms with Gasteiger partial charge in [-0.3, -0.25) is 0 Å². The summed E-state index contributed by atoms with van der Waals surface area (Å²) in [5, 5.41) is 8.87. The van der Waals surface area contributed by atoms with Crippen molar-refractivity contribution < 1.29 is 5.11 Å². The minimum atomic E-state index is 0.338. The summed E-state index contributed by atoms with van der Waals surface area (Å²) < 4.78 is 0. The van der Waals surface area contributed by atoms with Crippen LogP contribution in [0.25, 0.3) is 0 Å². The molecule has 0 aliphatic rings. The zero-order chi connectivity index (χ0) is 9.56. The third-order valence-corrected chi connectivity index (χ3v) is 2.62. The van der Waals surface area contributed by atoms with Gasteiger partial charge in [0.2, 0.25) is 0 Å². The summed E-state index contributed by atoms with van der Waals surface area (Å²) in [5.74, 6) is 2.08. The van der Waals surface area contributed by atoms with E-state index in [1.165, 1.54) is 19.3 Å². The first-order valence-corrected chi connectivity index (χ1v) is 5.20. The van der Waals surface area contributed by atoms with Crippen molar-refractivity contribution in [3.05, 3.63) is 0 Å². The summed E-state index contributed by atoms with van der Waals surface area (Å²) in [7, 11) is 0. The van der Waals surface area contributed by atoms with Crippen molar-refractivity contribution in [3.63, 3.8) is 0 Å². The molecule has 0 saturated carbocycles. The number of hydrogen-bond acceptors (Lipinski definition) is 1. The molecule has 0 saturated heterocycles. The maximum Gasteiger partial charge on any atom is 0.0456 e. The lowest BCUT2D eigenvalue weighted by Crippen LogP contribution is -2.09. The molecule has 0 aromatic heterocycles.